The SMILES string of the molecule is Cc1ccc2[nH]c(=O)c(-c3noc(CCC(=O)NCc4ccc(Cl)cc4)n3)cc2c1. The van der Waals surface area contributed by atoms with E-state index in [-0.39, 0.29) is 30.1 Å². The van der Waals surface area contributed by atoms with Gasteiger partial charge in [-0.15, -0.1) is 0 Å². The highest BCUT2D eigenvalue weighted by Crippen LogP contribution is 2.19. The van der Waals surface area contributed by atoms with Crippen LogP contribution in [0.15, 0.2) is 57.8 Å². The van der Waals surface area contributed by atoms with E-state index in [1.54, 1.807) is 18.2 Å². The molecular formula is C22H19ClN4O3. The Labute approximate surface area is 177 Å². The fourth-order valence-electron chi connectivity index (χ4n) is 3.07. The number of benzene rings is 2. The van der Waals surface area contributed by atoms with Gasteiger partial charge in [-0.3, -0.25) is 9.59 Å². The molecule has 4 aromatic rings. The Kier molecular flexibility index (Phi) is 5.63. The Morgan fingerprint density at radius 3 is 2.77 bits per heavy atom. The number of nitrogens with zero attached hydrogens (tertiary/aromatic N) is 2. The van der Waals surface area contributed by atoms with Crippen LogP contribution in [0.25, 0.3) is 22.3 Å². The van der Waals surface area contributed by atoms with Crippen LogP contribution in [0.3, 0.4) is 0 Å². The van der Waals surface area contributed by atoms with Crippen LogP contribution in [0.2, 0.25) is 5.02 Å². The smallest absolute Gasteiger partial charge is 0.259 e. The number of halogens is 1. The molecule has 0 bridgehead atoms. The first-order valence-electron chi connectivity index (χ1n) is 9.46. The van der Waals surface area contributed by atoms with Gasteiger partial charge in [0.15, 0.2) is 0 Å². The summed E-state index contributed by atoms with van der Waals surface area (Å²) >= 11 is 5.85. The number of carbonyl (C=O) groups excluding carboxylic acids is 1. The lowest BCUT2D eigenvalue weighted by molar-refractivity contribution is -0.121. The number of aromatic nitrogens is 3. The molecule has 2 heterocycles. The van der Waals surface area contributed by atoms with Gasteiger partial charge in [-0.25, -0.2) is 0 Å². The summed E-state index contributed by atoms with van der Waals surface area (Å²) in [5.74, 6) is 0.371. The van der Waals surface area contributed by atoms with Crippen LogP contribution in [0, 0.1) is 6.92 Å². The molecule has 7 nitrogen and oxygen atoms in total. The van der Waals surface area contributed by atoms with Crippen molar-refractivity contribution < 1.29 is 9.32 Å². The Morgan fingerprint density at radius 1 is 1.17 bits per heavy atom. The van der Waals surface area contributed by atoms with Crippen molar-refractivity contribution >= 4 is 28.4 Å². The molecule has 0 aliphatic carbocycles. The van der Waals surface area contributed by atoms with Gasteiger partial charge in [-0.2, -0.15) is 4.98 Å². The van der Waals surface area contributed by atoms with Crippen LogP contribution in [0.1, 0.15) is 23.4 Å². The topological polar surface area (TPSA) is 101 Å². The van der Waals surface area contributed by atoms with Crippen molar-refractivity contribution in [3.05, 3.63) is 80.9 Å². The molecular weight excluding hydrogens is 404 g/mol. The van der Waals surface area contributed by atoms with Gasteiger partial charge in [0.25, 0.3) is 5.56 Å². The predicted octanol–water partition coefficient (Wildman–Crippen LogP) is 3.79. The average molecular weight is 423 g/mol. The summed E-state index contributed by atoms with van der Waals surface area (Å²) in [7, 11) is 0. The summed E-state index contributed by atoms with van der Waals surface area (Å²) in [6.07, 6.45) is 0.479. The van der Waals surface area contributed by atoms with Crippen LogP contribution in [0.4, 0.5) is 0 Å². The quantitative estimate of drug-likeness (QED) is 0.492. The number of amides is 1. The van der Waals surface area contributed by atoms with Gasteiger partial charge in [0.2, 0.25) is 17.6 Å². The van der Waals surface area contributed by atoms with E-state index in [1.165, 1.54) is 0 Å². The van der Waals surface area contributed by atoms with Crippen molar-refractivity contribution in [3.8, 4) is 11.4 Å². The van der Waals surface area contributed by atoms with Gasteiger partial charge in [0.1, 0.15) is 0 Å². The Balaban J connectivity index is 1.40. The number of H-pyrrole nitrogens is 1. The monoisotopic (exact) mass is 422 g/mol. The van der Waals surface area contributed by atoms with Gasteiger partial charge in [0, 0.05) is 29.9 Å². The molecule has 0 atom stereocenters. The van der Waals surface area contributed by atoms with Gasteiger partial charge >= 0.3 is 0 Å². The van der Waals surface area contributed by atoms with Gasteiger partial charge < -0.3 is 14.8 Å². The number of fused-ring (bicyclic) bond motifs is 1. The third-order valence-electron chi connectivity index (χ3n) is 4.68. The molecule has 0 fully saturated rings. The lowest BCUT2D eigenvalue weighted by atomic mass is 10.1. The third-order valence-corrected chi connectivity index (χ3v) is 4.93. The second-order valence-corrected chi connectivity index (χ2v) is 7.45. The molecule has 2 N–H and O–H groups in total. The minimum Gasteiger partial charge on any atom is -0.352 e. The van der Waals surface area contributed by atoms with Crippen LogP contribution >= 0.6 is 11.6 Å². The molecule has 8 heteroatoms. The Hall–Kier alpha value is -3.45. The molecule has 0 spiro atoms. The number of hydrogen-bond acceptors (Lipinski definition) is 5. The molecule has 152 valence electrons. The van der Waals surface area contributed by atoms with E-state index in [1.807, 2.05) is 37.3 Å². The maximum atomic E-state index is 12.4. The Morgan fingerprint density at radius 2 is 1.97 bits per heavy atom. The predicted molar refractivity (Wildman–Crippen MR) is 114 cm³/mol. The zero-order valence-corrected chi connectivity index (χ0v) is 17.0. The molecule has 0 saturated heterocycles. The van der Waals surface area contributed by atoms with E-state index < -0.39 is 0 Å². The minimum atomic E-state index is -0.292. The van der Waals surface area contributed by atoms with Crippen molar-refractivity contribution in [2.75, 3.05) is 0 Å². The summed E-state index contributed by atoms with van der Waals surface area (Å²) < 4.78 is 5.23. The highest BCUT2D eigenvalue weighted by Gasteiger charge is 2.14. The first-order chi connectivity index (χ1) is 14.5. The zero-order valence-electron chi connectivity index (χ0n) is 16.2. The van der Waals surface area contributed by atoms with E-state index in [2.05, 4.69) is 20.4 Å². The van der Waals surface area contributed by atoms with E-state index in [0.717, 1.165) is 22.0 Å². The molecule has 0 saturated carbocycles. The van der Waals surface area contributed by atoms with Crippen molar-refractivity contribution in [1.82, 2.24) is 20.4 Å². The summed E-state index contributed by atoms with van der Waals surface area (Å²) in [6.45, 7) is 2.39. The van der Waals surface area contributed by atoms with Crippen molar-refractivity contribution in [2.45, 2.75) is 26.3 Å². The van der Waals surface area contributed by atoms with Crippen LogP contribution in [0.5, 0.6) is 0 Å². The maximum Gasteiger partial charge on any atom is 0.259 e. The molecule has 0 aliphatic heterocycles. The standard InChI is InChI=1S/C22H19ClN4O3/c1-13-2-7-18-15(10-13)11-17(22(29)25-18)21-26-20(30-27-21)9-8-19(28)24-12-14-3-5-16(23)6-4-14/h2-7,10-11H,8-9,12H2,1H3,(H,24,28)(H,25,29). The third kappa shape index (κ3) is 4.58. The highest BCUT2D eigenvalue weighted by molar-refractivity contribution is 6.30. The fraction of sp³-hybridized carbons (Fsp3) is 0.182. The lowest BCUT2D eigenvalue weighted by Gasteiger charge is -2.04. The normalized spacial score (nSPS) is 11.0. The second kappa shape index (κ2) is 8.51. The van der Waals surface area contributed by atoms with Crippen LogP contribution in [-0.2, 0) is 17.8 Å². The molecule has 1 amide bonds. The number of aryl methyl sites for hydroxylation is 2. The zero-order chi connectivity index (χ0) is 21.1. The van der Waals surface area contributed by atoms with Crippen molar-refractivity contribution in [2.24, 2.45) is 0 Å². The van der Waals surface area contributed by atoms with Crippen molar-refractivity contribution in [3.63, 3.8) is 0 Å². The molecule has 2 aromatic heterocycles. The first kappa shape index (κ1) is 19.8. The van der Waals surface area contributed by atoms with Gasteiger partial charge in [-0.1, -0.05) is 40.5 Å². The highest BCUT2D eigenvalue weighted by atomic mass is 35.5. The van der Waals surface area contributed by atoms with E-state index in [9.17, 15) is 9.59 Å². The summed E-state index contributed by atoms with van der Waals surface area (Å²) in [4.78, 5) is 31.6. The molecule has 30 heavy (non-hydrogen) atoms. The van der Waals surface area contributed by atoms with Gasteiger partial charge in [-0.05, 0) is 48.2 Å². The molecule has 0 radical (unpaired) electrons. The number of rotatable bonds is 6. The summed E-state index contributed by atoms with van der Waals surface area (Å²) in [5.41, 5.74) is 2.82. The van der Waals surface area contributed by atoms with E-state index in [4.69, 9.17) is 16.1 Å². The summed E-state index contributed by atoms with van der Waals surface area (Å²) in [6, 6.07) is 14.8. The van der Waals surface area contributed by atoms with Crippen LogP contribution < -0.4 is 10.9 Å². The molecule has 0 unspecified atom stereocenters. The largest absolute Gasteiger partial charge is 0.352 e. The molecule has 0 aliphatic rings. The number of aromatic amines is 1. The van der Waals surface area contributed by atoms with Gasteiger partial charge in [0.05, 0.1) is 5.56 Å². The second-order valence-electron chi connectivity index (χ2n) is 7.02. The molecule has 2 aromatic carbocycles. The van der Waals surface area contributed by atoms with E-state index in [0.29, 0.717) is 23.0 Å². The number of pyridine rings is 1. The number of carbonyl (C=O) groups is 1. The maximum absolute atomic E-state index is 12.4. The fourth-order valence-corrected chi connectivity index (χ4v) is 3.20. The molecule has 4 rings (SSSR count). The number of nitrogens with one attached hydrogen (secondary N) is 2. The average Bonchev–Trinajstić information content (AvgIpc) is 3.20. The summed E-state index contributed by atoms with van der Waals surface area (Å²) in [5, 5.41) is 8.28. The van der Waals surface area contributed by atoms with E-state index >= 15 is 0 Å². The Bertz CT molecular complexity index is 1260. The first-order valence-corrected chi connectivity index (χ1v) is 9.83. The minimum absolute atomic E-state index is 0.135. The number of hydrogen-bond donors (Lipinski definition) is 2. The lowest BCUT2D eigenvalue weighted by Crippen LogP contribution is -2.23. The van der Waals surface area contributed by atoms with Crippen molar-refractivity contribution in [1.29, 1.82) is 0 Å². The van der Waals surface area contributed by atoms with Crippen LogP contribution in [-0.4, -0.2) is 21.0 Å².